The van der Waals surface area contributed by atoms with Gasteiger partial charge >= 0.3 is 0 Å². The zero-order valence-corrected chi connectivity index (χ0v) is 11.6. The van der Waals surface area contributed by atoms with E-state index in [2.05, 4.69) is 0 Å². The van der Waals surface area contributed by atoms with Crippen LogP contribution in [0.4, 0.5) is 0 Å². The van der Waals surface area contributed by atoms with Gasteiger partial charge in [-0.05, 0) is 36.6 Å². The van der Waals surface area contributed by atoms with E-state index >= 15 is 0 Å². The van der Waals surface area contributed by atoms with Gasteiger partial charge in [0.2, 0.25) is 0 Å². The topological polar surface area (TPSA) is 18.5 Å². The van der Waals surface area contributed by atoms with E-state index in [-0.39, 0.29) is 0 Å². The molecule has 0 unspecified atom stereocenters. The second-order valence-corrected chi connectivity index (χ2v) is 4.45. The molecule has 0 aromatic heterocycles. The molecule has 2 heteroatoms. The summed E-state index contributed by atoms with van der Waals surface area (Å²) < 4.78 is 11.1. The van der Waals surface area contributed by atoms with Crippen LogP contribution in [0, 0.1) is 0 Å². The van der Waals surface area contributed by atoms with Crippen LogP contribution in [0.15, 0.2) is 66.9 Å². The minimum atomic E-state index is 0.724. The molecule has 0 bridgehead atoms. The molecule has 0 aliphatic heterocycles. The minimum absolute atomic E-state index is 0.724. The van der Waals surface area contributed by atoms with E-state index in [0.29, 0.717) is 0 Å². The lowest BCUT2D eigenvalue weighted by Crippen LogP contribution is -1.99. The van der Waals surface area contributed by atoms with Crippen LogP contribution in [0.5, 0.6) is 5.75 Å². The number of benzene rings is 2. The quantitative estimate of drug-likeness (QED) is 0.517. The highest BCUT2D eigenvalue weighted by Gasteiger charge is 1.92. The Balaban J connectivity index is 1.51. The fraction of sp³-hybridized carbons (Fsp3) is 0.222. The molecule has 0 amide bonds. The molecule has 0 aliphatic carbocycles. The van der Waals surface area contributed by atoms with Crippen LogP contribution in [0.2, 0.25) is 0 Å². The lowest BCUT2D eigenvalue weighted by molar-refractivity contribution is 0.227. The Morgan fingerprint density at radius 3 is 2.15 bits per heavy atom. The molecule has 0 radical (unpaired) electrons. The standard InChI is InChI=1S/C18H20O2/c1-3-9-17(10-4-1)13-16-19-14-7-8-15-20-18-11-5-2-6-12-18/h1-6,9-13,16H,7-8,14-15H2. The predicted molar refractivity (Wildman–Crippen MR) is 82.6 cm³/mol. The van der Waals surface area contributed by atoms with Crippen molar-refractivity contribution in [3.8, 4) is 5.75 Å². The molecule has 0 saturated heterocycles. The molecule has 104 valence electrons. The smallest absolute Gasteiger partial charge is 0.119 e. The fourth-order valence-electron chi connectivity index (χ4n) is 1.75. The van der Waals surface area contributed by atoms with Gasteiger partial charge in [-0.3, -0.25) is 0 Å². The first-order valence-corrected chi connectivity index (χ1v) is 6.96. The van der Waals surface area contributed by atoms with E-state index in [0.717, 1.165) is 37.4 Å². The third-order valence-corrected chi connectivity index (χ3v) is 2.82. The molecule has 0 heterocycles. The van der Waals surface area contributed by atoms with Gasteiger partial charge in [-0.25, -0.2) is 0 Å². The van der Waals surface area contributed by atoms with Crippen LogP contribution in [-0.2, 0) is 4.74 Å². The molecule has 0 atom stereocenters. The van der Waals surface area contributed by atoms with Crippen molar-refractivity contribution in [3.05, 3.63) is 72.5 Å². The van der Waals surface area contributed by atoms with Crippen LogP contribution in [0.3, 0.4) is 0 Å². The maximum atomic E-state index is 5.61. The summed E-state index contributed by atoms with van der Waals surface area (Å²) in [6.07, 6.45) is 5.72. The first-order valence-electron chi connectivity index (χ1n) is 6.96. The monoisotopic (exact) mass is 268 g/mol. The molecule has 0 fully saturated rings. The summed E-state index contributed by atoms with van der Waals surface area (Å²) in [6, 6.07) is 20.0. The lowest BCUT2D eigenvalue weighted by atomic mass is 10.2. The summed E-state index contributed by atoms with van der Waals surface area (Å²) in [5.41, 5.74) is 1.15. The van der Waals surface area contributed by atoms with Crippen molar-refractivity contribution < 1.29 is 9.47 Å². The normalized spacial score (nSPS) is 10.6. The zero-order valence-electron chi connectivity index (χ0n) is 11.6. The highest BCUT2D eigenvalue weighted by Crippen LogP contribution is 2.08. The maximum absolute atomic E-state index is 5.61. The van der Waals surface area contributed by atoms with E-state index in [4.69, 9.17) is 9.47 Å². The van der Waals surface area contributed by atoms with Gasteiger partial charge in [0.25, 0.3) is 0 Å². The van der Waals surface area contributed by atoms with Gasteiger partial charge in [-0.2, -0.15) is 0 Å². The van der Waals surface area contributed by atoms with E-state index in [1.165, 1.54) is 0 Å². The van der Waals surface area contributed by atoms with E-state index < -0.39 is 0 Å². The van der Waals surface area contributed by atoms with Crippen molar-refractivity contribution in [2.24, 2.45) is 0 Å². The first-order chi connectivity index (χ1) is 9.95. The third kappa shape index (κ3) is 5.61. The van der Waals surface area contributed by atoms with Crippen LogP contribution >= 0.6 is 0 Å². The molecule has 0 N–H and O–H groups in total. The Labute approximate surface area is 120 Å². The molecular formula is C18H20O2. The summed E-state index contributed by atoms with van der Waals surface area (Å²) >= 11 is 0. The average Bonchev–Trinajstić information content (AvgIpc) is 2.52. The van der Waals surface area contributed by atoms with Gasteiger partial charge in [-0.15, -0.1) is 0 Å². The Hall–Kier alpha value is -2.22. The largest absolute Gasteiger partial charge is 0.501 e. The highest BCUT2D eigenvalue weighted by atomic mass is 16.5. The van der Waals surface area contributed by atoms with Crippen molar-refractivity contribution in [2.45, 2.75) is 12.8 Å². The van der Waals surface area contributed by atoms with Gasteiger partial charge in [0.1, 0.15) is 5.75 Å². The molecule has 2 nitrogen and oxygen atoms in total. The number of para-hydroxylation sites is 1. The Kier molecular flexibility index (Phi) is 6.25. The highest BCUT2D eigenvalue weighted by molar-refractivity contribution is 5.47. The van der Waals surface area contributed by atoms with Crippen molar-refractivity contribution in [1.82, 2.24) is 0 Å². The average molecular weight is 268 g/mol. The van der Waals surface area contributed by atoms with Crippen molar-refractivity contribution in [3.63, 3.8) is 0 Å². The number of hydrogen-bond acceptors (Lipinski definition) is 2. The van der Waals surface area contributed by atoms with E-state index in [9.17, 15) is 0 Å². The number of hydrogen-bond donors (Lipinski definition) is 0. The minimum Gasteiger partial charge on any atom is -0.501 e. The van der Waals surface area contributed by atoms with Gasteiger partial charge in [-0.1, -0.05) is 48.5 Å². The Morgan fingerprint density at radius 1 is 0.750 bits per heavy atom. The molecule has 0 aliphatic rings. The van der Waals surface area contributed by atoms with Crippen LogP contribution in [-0.4, -0.2) is 13.2 Å². The molecule has 20 heavy (non-hydrogen) atoms. The summed E-state index contributed by atoms with van der Waals surface area (Å²) in [5, 5.41) is 0. The fourth-order valence-corrected chi connectivity index (χ4v) is 1.75. The summed E-state index contributed by atoms with van der Waals surface area (Å²) in [4.78, 5) is 0. The van der Waals surface area contributed by atoms with Crippen molar-refractivity contribution in [2.75, 3.05) is 13.2 Å². The van der Waals surface area contributed by atoms with Gasteiger partial charge in [0.15, 0.2) is 0 Å². The zero-order chi connectivity index (χ0) is 13.9. The lowest BCUT2D eigenvalue weighted by Gasteiger charge is -2.05. The Morgan fingerprint density at radius 2 is 1.40 bits per heavy atom. The van der Waals surface area contributed by atoms with E-state index in [1.807, 2.05) is 66.7 Å². The van der Waals surface area contributed by atoms with Gasteiger partial charge in [0, 0.05) is 0 Å². The molecule has 0 spiro atoms. The molecular weight excluding hydrogens is 248 g/mol. The van der Waals surface area contributed by atoms with Crippen molar-refractivity contribution in [1.29, 1.82) is 0 Å². The second-order valence-electron chi connectivity index (χ2n) is 4.45. The molecule has 2 aromatic carbocycles. The number of ether oxygens (including phenoxy) is 2. The molecule has 2 rings (SSSR count). The van der Waals surface area contributed by atoms with Crippen LogP contribution in [0.1, 0.15) is 18.4 Å². The summed E-state index contributed by atoms with van der Waals surface area (Å²) in [6.45, 7) is 1.46. The Bertz CT molecular complexity index is 491. The molecule has 0 saturated carbocycles. The van der Waals surface area contributed by atoms with Crippen LogP contribution in [0.25, 0.3) is 6.08 Å². The van der Waals surface area contributed by atoms with Crippen molar-refractivity contribution >= 4 is 6.08 Å². The maximum Gasteiger partial charge on any atom is 0.119 e. The molecule has 2 aromatic rings. The SMILES string of the molecule is C(=Cc1ccccc1)OCCCCOc1ccccc1. The van der Waals surface area contributed by atoms with Gasteiger partial charge < -0.3 is 9.47 Å². The van der Waals surface area contributed by atoms with Crippen LogP contribution < -0.4 is 4.74 Å². The second kappa shape index (κ2) is 8.81. The van der Waals surface area contributed by atoms with E-state index in [1.54, 1.807) is 6.26 Å². The first kappa shape index (κ1) is 14.2. The van der Waals surface area contributed by atoms with Gasteiger partial charge in [0.05, 0.1) is 19.5 Å². The predicted octanol–water partition coefficient (Wildman–Crippen LogP) is 4.53. The number of unbranched alkanes of at least 4 members (excludes halogenated alkanes) is 1. The summed E-state index contributed by atoms with van der Waals surface area (Å²) in [5.74, 6) is 0.928. The third-order valence-electron chi connectivity index (χ3n) is 2.82. The summed E-state index contributed by atoms with van der Waals surface area (Å²) in [7, 11) is 0. The number of rotatable bonds is 8.